The highest BCUT2D eigenvalue weighted by molar-refractivity contribution is 5.92. The number of nitrogens with zero attached hydrogens (tertiary/aromatic N) is 4. The first-order chi connectivity index (χ1) is 12.5. The molecular weight excluding hydrogens is 330 g/mol. The molecule has 1 saturated heterocycles. The summed E-state index contributed by atoms with van der Waals surface area (Å²) in [7, 11) is 0. The van der Waals surface area contributed by atoms with Crippen molar-refractivity contribution in [2.24, 2.45) is 0 Å². The monoisotopic (exact) mass is 351 g/mol. The zero-order chi connectivity index (χ0) is 18.3. The summed E-state index contributed by atoms with van der Waals surface area (Å²) in [6, 6.07) is 8.27. The molecule has 1 aliphatic heterocycles. The maximum absolute atomic E-state index is 11.9. The van der Waals surface area contributed by atoms with Crippen molar-refractivity contribution in [2.45, 2.75) is 32.7 Å². The highest BCUT2D eigenvalue weighted by atomic mass is 16.5. The Morgan fingerprint density at radius 1 is 1.31 bits per heavy atom. The largest absolute Gasteiger partial charge is 0.368 e. The molecule has 0 aliphatic carbocycles. The summed E-state index contributed by atoms with van der Waals surface area (Å²) in [6.45, 7) is 6.70. The van der Waals surface area contributed by atoms with Gasteiger partial charge in [0.15, 0.2) is 5.82 Å². The van der Waals surface area contributed by atoms with Gasteiger partial charge in [-0.1, -0.05) is 16.8 Å². The van der Waals surface area contributed by atoms with Gasteiger partial charge in [-0.05, 0) is 31.5 Å². The fourth-order valence-electron chi connectivity index (χ4n) is 3.71. The van der Waals surface area contributed by atoms with Crippen LogP contribution in [0.15, 0.2) is 35.0 Å². The lowest BCUT2D eigenvalue weighted by Gasteiger charge is -2.28. The minimum Gasteiger partial charge on any atom is -0.368 e. The van der Waals surface area contributed by atoms with Crippen LogP contribution < -0.4 is 10.2 Å². The standard InChI is InChI=1S/C19H21N5O2/c1-12-4-5-16-15(10-12)17(6-8-20-16)24-9-7-19(11-24,22-13(2)25)18-21-14(3)26-23-18/h4-6,8,10H,7,9,11H2,1-3H3,(H,22,25)/t19-/m1/s1. The van der Waals surface area contributed by atoms with Crippen LogP contribution in [0.4, 0.5) is 5.69 Å². The number of carbonyl (C=O) groups is 1. The number of fused-ring (bicyclic) bond motifs is 1. The van der Waals surface area contributed by atoms with Crippen LogP contribution in [0.2, 0.25) is 0 Å². The molecule has 1 aromatic carbocycles. The number of aromatic nitrogens is 3. The summed E-state index contributed by atoms with van der Waals surface area (Å²) in [5.74, 6) is 0.917. The topological polar surface area (TPSA) is 84.2 Å². The molecule has 0 saturated carbocycles. The minimum atomic E-state index is -0.650. The van der Waals surface area contributed by atoms with E-state index in [2.05, 4.69) is 44.4 Å². The lowest BCUT2D eigenvalue weighted by atomic mass is 9.97. The second-order valence-electron chi connectivity index (χ2n) is 6.92. The Morgan fingerprint density at radius 3 is 2.88 bits per heavy atom. The molecule has 3 aromatic rings. The van der Waals surface area contributed by atoms with Gasteiger partial charge in [0.25, 0.3) is 0 Å². The van der Waals surface area contributed by atoms with E-state index in [-0.39, 0.29) is 5.91 Å². The van der Waals surface area contributed by atoms with Crippen molar-refractivity contribution in [3.05, 3.63) is 47.7 Å². The van der Waals surface area contributed by atoms with E-state index < -0.39 is 5.54 Å². The number of carbonyl (C=O) groups excluding carboxylic acids is 1. The Kier molecular flexibility index (Phi) is 3.86. The summed E-state index contributed by atoms with van der Waals surface area (Å²) in [6.07, 6.45) is 2.53. The molecule has 7 heteroatoms. The van der Waals surface area contributed by atoms with Crippen LogP contribution in [0.25, 0.3) is 10.9 Å². The van der Waals surface area contributed by atoms with Crippen molar-refractivity contribution in [2.75, 3.05) is 18.0 Å². The predicted octanol–water partition coefficient (Wildman–Crippen LogP) is 2.48. The van der Waals surface area contributed by atoms with Gasteiger partial charge in [-0.15, -0.1) is 0 Å². The molecular formula is C19H21N5O2. The van der Waals surface area contributed by atoms with Gasteiger partial charge in [0, 0.05) is 44.2 Å². The highest BCUT2D eigenvalue weighted by Gasteiger charge is 2.44. The average Bonchev–Trinajstić information content (AvgIpc) is 3.21. The third-order valence-electron chi connectivity index (χ3n) is 4.85. The number of aryl methyl sites for hydroxylation is 2. The van der Waals surface area contributed by atoms with E-state index in [1.807, 2.05) is 18.3 Å². The van der Waals surface area contributed by atoms with E-state index in [0.29, 0.717) is 24.7 Å². The summed E-state index contributed by atoms with van der Waals surface area (Å²) in [4.78, 5) is 23.0. The molecule has 0 radical (unpaired) electrons. The Labute approximate surface area is 151 Å². The fraction of sp³-hybridized carbons (Fsp3) is 0.368. The Balaban J connectivity index is 1.75. The molecule has 4 rings (SSSR count). The molecule has 1 N–H and O–H groups in total. The Hall–Kier alpha value is -2.96. The number of anilines is 1. The van der Waals surface area contributed by atoms with E-state index in [1.165, 1.54) is 12.5 Å². The van der Waals surface area contributed by atoms with Crippen LogP contribution in [-0.4, -0.2) is 34.1 Å². The second-order valence-corrected chi connectivity index (χ2v) is 6.92. The lowest BCUT2D eigenvalue weighted by Crippen LogP contribution is -2.48. The number of rotatable bonds is 3. The van der Waals surface area contributed by atoms with Gasteiger partial charge in [0.1, 0.15) is 5.54 Å². The quantitative estimate of drug-likeness (QED) is 0.780. The number of hydrogen-bond acceptors (Lipinski definition) is 6. The molecule has 1 amide bonds. The zero-order valence-corrected chi connectivity index (χ0v) is 15.1. The normalized spacial score (nSPS) is 19.9. The average molecular weight is 351 g/mol. The van der Waals surface area contributed by atoms with Crippen molar-refractivity contribution in [3.63, 3.8) is 0 Å². The summed E-state index contributed by atoms with van der Waals surface area (Å²) in [5.41, 5.74) is 2.60. The molecule has 1 atom stereocenters. The number of amides is 1. The van der Waals surface area contributed by atoms with Crippen LogP contribution in [0.1, 0.15) is 30.6 Å². The molecule has 26 heavy (non-hydrogen) atoms. The Morgan fingerprint density at radius 2 is 2.15 bits per heavy atom. The van der Waals surface area contributed by atoms with Crippen LogP contribution in [-0.2, 0) is 10.3 Å². The van der Waals surface area contributed by atoms with Crippen molar-refractivity contribution in [3.8, 4) is 0 Å². The van der Waals surface area contributed by atoms with Gasteiger partial charge >= 0.3 is 0 Å². The van der Waals surface area contributed by atoms with Crippen molar-refractivity contribution in [1.29, 1.82) is 0 Å². The Bertz CT molecular complexity index is 983. The first-order valence-electron chi connectivity index (χ1n) is 8.67. The summed E-state index contributed by atoms with van der Waals surface area (Å²) in [5, 5.41) is 8.26. The SMILES string of the molecule is CC(=O)N[C@]1(c2noc(C)n2)CCN(c2ccnc3ccc(C)cc23)C1. The van der Waals surface area contributed by atoms with E-state index in [0.717, 1.165) is 23.1 Å². The first-order valence-corrected chi connectivity index (χ1v) is 8.67. The minimum absolute atomic E-state index is 0.107. The molecule has 1 aliphatic rings. The zero-order valence-electron chi connectivity index (χ0n) is 15.1. The first kappa shape index (κ1) is 16.5. The maximum Gasteiger partial charge on any atom is 0.223 e. The van der Waals surface area contributed by atoms with E-state index in [4.69, 9.17) is 4.52 Å². The summed E-state index contributed by atoms with van der Waals surface area (Å²) >= 11 is 0. The van der Waals surface area contributed by atoms with Gasteiger partial charge in [-0.25, -0.2) is 0 Å². The number of benzene rings is 1. The van der Waals surface area contributed by atoms with Gasteiger partial charge in [-0.3, -0.25) is 9.78 Å². The molecule has 0 bridgehead atoms. The molecule has 1 fully saturated rings. The number of pyridine rings is 1. The van der Waals surface area contributed by atoms with Crippen LogP contribution >= 0.6 is 0 Å². The third kappa shape index (κ3) is 2.79. The number of hydrogen-bond donors (Lipinski definition) is 1. The molecule has 0 spiro atoms. The second kappa shape index (κ2) is 6.09. The molecule has 7 nitrogen and oxygen atoms in total. The molecule has 3 heterocycles. The van der Waals surface area contributed by atoms with Crippen molar-refractivity contribution >= 4 is 22.5 Å². The van der Waals surface area contributed by atoms with Gasteiger partial charge < -0.3 is 14.7 Å². The van der Waals surface area contributed by atoms with Crippen molar-refractivity contribution in [1.82, 2.24) is 20.4 Å². The van der Waals surface area contributed by atoms with E-state index in [9.17, 15) is 4.79 Å². The van der Waals surface area contributed by atoms with Crippen LogP contribution in [0.3, 0.4) is 0 Å². The van der Waals surface area contributed by atoms with Gasteiger partial charge in [0.05, 0.1) is 5.52 Å². The van der Waals surface area contributed by atoms with Crippen LogP contribution in [0, 0.1) is 13.8 Å². The van der Waals surface area contributed by atoms with Crippen molar-refractivity contribution < 1.29 is 9.32 Å². The van der Waals surface area contributed by atoms with E-state index >= 15 is 0 Å². The summed E-state index contributed by atoms with van der Waals surface area (Å²) < 4.78 is 5.17. The predicted molar refractivity (Wildman–Crippen MR) is 97.8 cm³/mol. The van der Waals surface area contributed by atoms with Gasteiger partial charge in [-0.2, -0.15) is 4.98 Å². The lowest BCUT2D eigenvalue weighted by molar-refractivity contribution is -0.120. The van der Waals surface area contributed by atoms with E-state index in [1.54, 1.807) is 6.92 Å². The molecule has 2 aromatic heterocycles. The van der Waals surface area contributed by atoms with Crippen LogP contribution in [0.5, 0.6) is 0 Å². The van der Waals surface area contributed by atoms with Gasteiger partial charge in [0.2, 0.25) is 11.8 Å². The fourth-order valence-corrected chi connectivity index (χ4v) is 3.71. The molecule has 0 unspecified atom stereocenters. The molecule has 134 valence electrons. The maximum atomic E-state index is 11.9. The smallest absolute Gasteiger partial charge is 0.223 e. The third-order valence-corrected chi connectivity index (χ3v) is 4.85. The highest BCUT2D eigenvalue weighted by Crippen LogP contribution is 2.36. The number of nitrogens with one attached hydrogen (secondary N) is 1.